The van der Waals surface area contributed by atoms with E-state index < -0.39 is 29.5 Å². The molecule has 0 aliphatic rings. The second-order valence-corrected chi connectivity index (χ2v) is 6.29. The molecule has 0 radical (unpaired) electrons. The normalized spacial score (nSPS) is 11.6. The summed E-state index contributed by atoms with van der Waals surface area (Å²) in [6.45, 7) is -0.399. The highest BCUT2D eigenvalue weighted by molar-refractivity contribution is 5.99. The molecular weight excluding hydrogens is 399 g/mol. The van der Waals surface area contributed by atoms with Gasteiger partial charge in [0.25, 0.3) is 5.91 Å². The van der Waals surface area contributed by atoms with E-state index >= 15 is 0 Å². The number of ether oxygens (including phenoxy) is 1. The highest BCUT2D eigenvalue weighted by atomic mass is 19.2. The van der Waals surface area contributed by atoms with E-state index in [1.807, 2.05) is 0 Å². The molecule has 3 rings (SSSR count). The summed E-state index contributed by atoms with van der Waals surface area (Å²) in [6.07, 6.45) is 0.376. The van der Waals surface area contributed by atoms with E-state index in [0.29, 0.717) is 5.69 Å². The van der Waals surface area contributed by atoms with Crippen LogP contribution in [0.25, 0.3) is 0 Å². The molecule has 0 aliphatic heterocycles. The van der Waals surface area contributed by atoms with Crippen molar-refractivity contribution in [2.75, 3.05) is 18.5 Å². The minimum atomic E-state index is -1.10. The van der Waals surface area contributed by atoms with Crippen LogP contribution in [0.1, 0.15) is 10.4 Å². The number of carbonyl (C=O) groups excluding carboxylic acids is 1. The average Bonchev–Trinajstić information content (AvgIpc) is 2.73. The van der Waals surface area contributed by atoms with Crippen molar-refractivity contribution in [1.29, 1.82) is 0 Å². The van der Waals surface area contributed by atoms with Crippen LogP contribution >= 0.6 is 0 Å². The van der Waals surface area contributed by atoms with Gasteiger partial charge in [0.1, 0.15) is 30.1 Å². The lowest BCUT2D eigenvalue weighted by molar-refractivity contribution is 0.0843. The number of halogens is 3. The van der Waals surface area contributed by atoms with Gasteiger partial charge in [-0.3, -0.25) is 4.79 Å². The zero-order chi connectivity index (χ0) is 21.5. The number of benzene rings is 2. The van der Waals surface area contributed by atoms with Crippen LogP contribution in [-0.2, 0) is 0 Å². The second kappa shape index (κ2) is 9.75. The van der Waals surface area contributed by atoms with Crippen molar-refractivity contribution in [3.8, 4) is 5.75 Å². The molecule has 2 aromatic carbocycles. The first kappa shape index (κ1) is 21.1. The molecule has 156 valence electrons. The summed E-state index contributed by atoms with van der Waals surface area (Å²) in [7, 11) is 0. The van der Waals surface area contributed by atoms with Gasteiger partial charge in [0.05, 0.1) is 5.56 Å². The van der Waals surface area contributed by atoms with Gasteiger partial charge in [-0.15, -0.1) is 0 Å². The second-order valence-electron chi connectivity index (χ2n) is 6.29. The van der Waals surface area contributed by atoms with E-state index in [1.165, 1.54) is 36.5 Å². The fraction of sp³-hybridized carbons (Fsp3) is 0.143. The molecule has 0 fully saturated rings. The minimum absolute atomic E-state index is 0.0492. The number of aliphatic hydroxyl groups excluding tert-OH is 1. The lowest BCUT2D eigenvalue weighted by Gasteiger charge is -2.15. The van der Waals surface area contributed by atoms with Gasteiger partial charge < -0.3 is 20.5 Å². The number of carbonyl (C=O) groups is 1. The van der Waals surface area contributed by atoms with Crippen LogP contribution in [0.15, 0.2) is 60.8 Å². The Kier molecular flexibility index (Phi) is 6.87. The molecule has 3 aromatic rings. The maximum atomic E-state index is 13.4. The van der Waals surface area contributed by atoms with Gasteiger partial charge in [0, 0.05) is 24.5 Å². The summed E-state index contributed by atoms with van der Waals surface area (Å²) in [5.41, 5.74) is 0.609. The Hall–Kier alpha value is -3.59. The predicted octanol–water partition coefficient (Wildman–Crippen LogP) is 3.41. The van der Waals surface area contributed by atoms with Gasteiger partial charge in [0.2, 0.25) is 0 Å². The third-order valence-electron chi connectivity index (χ3n) is 3.97. The van der Waals surface area contributed by atoms with Gasteiger partial charge in [0.15, 0.2) is 11.6 Å². The van der Waals surface area contributed by atoms with Crippen LogP contribution in [0, 0.1) is 17.5 Å². The van der Waals surface area contributed by atoms with Crippen molar-refractivity contribution in [3.05, 3.63) is 83.8 Å². The number of nitrogens with zero attached hydrogens (tertiary/aromatic N) is 1. The van der Waals surface area contributed by atoms with E-state index in [2.05, 4.69) is 15.6 Å². The standard InChI is InChI=1S/C21H18F3N3O3/c22-13-3-1-4-14(9-13)27-20-17(5-2-8-25-20)21(29)26-11-15(28)12-30-16-6-7-18(23)19(24)10-16/h1-10,15,28H,11-12H2,(H,25,27)(H,26,29). The van der Waals surface area contributed by atoms with Crippen LogP contribution in [-0.4, -0.2) is 35.3 Å². The zero-order valence-electron chi connectivity index (χ0n) is 15.6. The van der Waals surface area contributed by atoms with Crippen LogP contribution in [0.3, 0.4) is 0 Å². The molecular formula is C21H18F3N3O3. The van der Waals surface area contributed by atoms with Gasteiger partial charge in [-0.05, 0) is 42.5 Å². The molecule has 0 aliphatic carbocycles. The summed E-state index contributed by atoms with van der Waals surface area (Å²) >= 11 is 0. The molecule has 0 spiro atoms. The highest BCUT2D eigenvalue weighted by Crippen LogP contribution is 2.19. The van der Waals surface area contributed by atoms with Gasteiger partial charge in [-0.1, -0.05) is 6.07 Å². The van der Waals surface area contributed by atoms with Gasteiger partial charge >= 0.3 is 0 Å². The van der Waals surface area contributed by atoms with Gasteiger partial charge in [-0.2, -0.15) is 0 Å². The topological polar surface area (TPSA) is 83.5 Å². The van der Waals surface area contributed by atoms with Crippen LogP contribution < -0.4 is 15.4 Å². The molecule has 9 heteroatoms. The minimum Gasteiger partial charge on any atom is -0.491 e. The molecule has 1 aromatic heterocycles. The number of rotatable bonds is 8. The SMILES string of the molecule is O=C(NCC(O)COc1ccc(F)c(F)c1)c1cccnc1Nc1cccc(F)c1. The maximum absolute atomic E-state index is 13.4. The van der Waals surface area contributed by atoms with Crippen LogP contribution in [0.2, 0.25) is 0 Å². The number of nitrogens with one attached hydrogen (secondary N) is 2. The Morgan fingerprint density at radius 1 is 1.07 bits per heavy atom. The highest BCUT2D eigenvalue weighted by Gasteiger charge is 2.15. The number of aliphatic hydroxyl groups is 1. The fourth-order valence-electron chi connectivity index (χ4n) is 2.51. The van der Waals surface area contributed by atoms with Gasteiger partial charge in [-0.25, -0.2) is 18.2 Å². The Balaban J connectivity index is 1.56. The molecule has 3 N–H and O–H groups in total. The number of hydrogen-bond acceptors (Lipinski definition) is 5. The Labute approximate surface area is 170 Å². The number of amides is 1. The molecule has 6 nitrogen and oxygen atoms in total. The fourth-order valence-corrected chi connectivity index (χ4v) is 2.51. The third-order valence-corrected chi connectivity index (χ3v) is 3.97. The van der Waals surface area contributed by atoms with Crippen molar-refractivity contribution in [3.63, 3.8) is 0 Å². The quantitative estimate of drug-likeness (QED) is 0.523. The van der Waals surface area contributed by atoms with E-state index in [-0.39, 0.29) is 30.3 Å². The van der Waals surface area contributed by atoms with E-state index in [4.69, 9.17) is 4.74 Å². The van der Waals surface area contributed by atoms with Crippen molar-refractivity contribution < 1.29 is 27.8 Å². The Bertz CT molecular complexity index is 1030. The summed E-state index contributed by atoms with van der Waals surface area (Å²) < 4.78 is 44.6. The van der Waals surface area contributed by atoms with Crippen molar-refractivity contribution in [1.82, 2.24) is 10.3 Å². The average molecular weight is 417 g/mol. The molecule has 0 saturated carbocycles. The molecule has 1 unspecified atom stereocenters. The number of pyridine rings is 1. The summed E-state index contributed by atoms with van der Waals surface area (Å²) in [5, 5.41) is 15.4. The zero-order valence-corrected chi connectivity index (χ0v) is 15.6. The molecule has 1 atom stereocenters. The molecule has 0 saturated heterocycles. The van der Waals surface area contributed by atoms with Crippen LogP contribution in [0.4, 0.5) is 24.7 Å². The Morgan fingerprint density at radius 2 is 1.90 bits per heavy atom. The van der Waals surface area contributed by atoms with Crippen molar-refractivity contribution in [2.24, 2.45) is 0 Å². The molecule has 1 heterocycles. The van der Waals surface area contributed by atoms with E-state index in [1.54, 1.807) is 12.1 Å². The summed E-state index contributed by atoms with van der Waals surface area (Å²) in [5.74, 6) is -2.76. The number of anilines is 2. The van der Waals surface area contributed by atoms with Crippen LogP contribution in [0.5, 0.6) is 5.75 Å². The van der Waals surface area contributed by atoms with E-state index in [9.17, 15) is 23.1 Å². The lowest BCUT2D eigenvalue weighted by atomic mass is 10.2. The monoisotopic (exact) mass is 417 g/mol. The first-order valence-corrected chi connectivity index (χ1v) is 8.94. The van der Waals surface area contributed by atoms with E-state index in [0.717, 1.165) is 12.1 Å². The number of aromatic nitrogens is 1. The Morgan fingerprint density at radius 3 is 2.67 bits per heavy atom. The van der Waals surface area contributed by atoms with Crippen molar-refractivity contribution >= 4 is 17.4 Å². The predicted molar refractivity (Wildman–Crippen MR) is 104 cm³/mol. The molecule has 1 amide bonds. The number of hydrogen-bond donors (Lipinski definition) is 3. The molecule has 0 bridgehead atoms. The maximum Gasteiger partial charge on any atom is 0.255 e. The first-order valence-electron chi connectivity index (χ1n) is 8.94. The third kappa shape index (κ3) is 5.71. The van der Waals surface area contributed by atoms with Crippen molar-refractivity contribution in [2.45, 2.75) is 6.10 Å². The molecule has 30 heavy (non-hydrogen) atoms. The largest absolute Gasteiger partial charge is 0.491 e. The summed E-state index contributed by atoms with van der Waals surface area (Å²) in [6, 6.07) is 11.8. The lowest BCUT2D eigenvalue weighted by Crippen LogP contribution is -2.35. The first-order chi connectivity index (χ1) is 14.4. The smallest absolute Gasteiger partial charge is 0.255 e. The summed E-state index contributed by atoms with van der Waals surface area (Å²) in [4.78, 5) is 16.6.